The van der Waals surface area contributed by atoms with Crippen LogP contribution in [0.5, 0.6) is 0 Å². The summed E-state index contributed by atoms with van der Waals surface area (Å²) in [6, 6.07) is 2.78. The predicted molar refractivity (Wildman–Crippen MR) is 77.2 cm³/mol. The van der Waals surface area contributed by atoms with E-state index in [2.05, 4.69) is 28.2 Å². The van der Waals surface area contributed by atoms with Gasteiger partial charge in [0.25, 0.3) is 0 Å². The molecule has 0 heterocycles. The molecule has 2 rings (SSSR count). The highest BCUT2D eigenvalue weighted by molar-refractivity contribution is 9.10. The molecule has 1 saturated carbocycles. The molecule has 0 aromatic heterocycles. The molecule has 0 spiro atoms. The van der Waals surface area contributed by atoms with E-state index in [1.165, 1.54) is 12.1 Å². The van der Waals surface area contributed by atoms with E-state index >= 15 is 0 Å². The average Bonchev–Trinajstić information content (AvgIpc) is 2.86. The fraction of sp³-hybridized carbons (Fsp3) is 0.600. The Morgan fingerprint density at radius 2 is 1.95 bits per heavy atom. The monoisotopic (exact) mass is 331 g/mol. The Kier molecular flexibility index (Phi) is 4.96. The van der Waals surface area contributed by atoms with Gasteiger partial charge in [-0.25, -0.2) is 8.78 Å². The maximum atomic E-state index is 14.1. The Labute approximate surface area is 121 Å². The molecule has 1 aromatic rings. The summed E-state index contributed by atoms with van der Waals surface area (Å²) >= 11 is 3.14. The normalized spacial score (nSPS) is 17.9. The highest BCUT2D eigenvalue weighted by atomic mass is 79.9. The first-order valence-electron chi connectivity index (χ1n) is 6.91. The SMILES string of the molecule is CCNCC1(Cc2c(F)ccc(Br)c2F)CCCC1. The molecule has 0 radical (unpaired) electrons. The first kappa shape index (κ1) is 14.9. The molecular formula is C15H20BrF2N. The van der Waals surface area contributed by atoms with Crippen LogP contribution in [0.3, 0.4) is 0 Å². The van der Waals surface area contributed by atoms with Crippen LogP contribution < -0.4 is 5.32 Å². The molecule has 0 amide bonds. The Bertz CT molecular complexity index is 442. The van der Waals surface area contributed by atoms with Crippen molar-refractivity contribution in [2.75, 3.05) is 13.1 Å². The second-order valence-electron chi connectivity index (χ2n) is 5.49. The number of rotatable bonds is 5. The van der Waals surface area contributed by atoms with Crippen LogP contribution in [0.25, 0.3) is 0 Å². The summed E-state index contributed by atoms with van der Waals surface area (Å²) in [5.41, 5.74) is 0.243. The van der Waals surface area contributed by atoms with E-state index in [0.717, 1.165) is 38.8 Å². The van der Waals surface area contributed by atoms with Crippen LogP contribution in [0, 0.1) is 17.0 Å². The van der Waals surface area contributed by atoms with Gasteiger partial charge in [0.05, 0.1) is 4.47 Å². The van der Waals surface area contributed by atoms with Crippen molar-refractivity contribution in [1.29, 1.82) is 0 Å². The first-order valence-corrected chi connectivity index (χ1v) is 7.70. The van der Waals surface area contributed by atoms with E-state index in [1.807, 2.05) is 0 Å². The molecule has 4 heteroatoms. The molecule has 0 aliphatic heterocycles. The highest BCUT2D eigenvalue weighted by Gasteiger charge is 2.35. The van der Waals surface area contributed by atoms with Gasteiger partial charge in [-0.3, -0.25) is 0 Å². The van der Waals surface area contributed by atoms with Crippen molar-refractivity contribution in [2.45, 2.75) is 39.0 Å². The van der Waals surface area contributed by atoms with Crippen LogP contribution in [0.2, 0.25) is 0 Å². The minimum Gasteiger partial charge on any atom is -0.316 e. The van der Waals surface area contributed by atoms with Crippen molar-refractivity contribution < 1.29 is 8.78 Å². The van der Waals surface area contributed by atoms with Crippen LogP contribution >= 0.6 is 15.9 Å². The zero-order valence-electron chi connectivity index (χ0n) is 11.2. The van der Waals surface area contributed by atoms with Crippen LogP contribution in [0.1, 0.15) is 38.2 Å². The van der Waals surface area contributed by atoms with Gasteiger partial charge in [-0.1, -0.05) is 19.8 Å². The van der Waals surface area contributed by atoms with Crippen molar-refractivity contribution in [3.8, 4) is 0 Å². The van der Waals surface area contributed by atoms with Crippen molar-refractivity contribution in [2.24, 2.45) is 5.41 Å². The molecule has 0 unspecified atom stereocenters. The molecule has 0 saturated heterocycles. The summed E-state index contributed by atoms with van der Waals surface area (Å²) in [4.78, 5) is 0. The molecule has 106 valence electrons. The number of hydrogen-bond acceptors (Lipinski definition) is 1. The second kappa shape index (κ2) is 6.31. The summed E-state index contributed by atoms with van der Waals surface area (Å²) in [7, 11) is 0. The molecule has 0 atom stereocenters. The van der Waals surface area contributed by atoms with Crippen molar-refractivity contribution >= 4 is 15.9 Å². The molecule has 1 N–H and O–H groups in total. The fourth-order valence-corrected chi connectivity index (χ4v) is 3.41. The van der Waals surface area contributed by atoms with E-state index in [4.69, 9.17) is 0 Å². The molecule has 1 aromatic carbocycles. The largest absolute Gasteiger partial charge is 0.316 e. The van der Waals surface area contributed by atoms with Gasteiger partial charge in [0.2, 0.25) is 0 Å². The zero-order valence-corrected chi connectivity index (χ0v) is 12.8. The Balaban J connectivity index is 2.24. The third kappa shape index (κ3) is 3.34. The summed E-state index contributed by atoms with van der Waals surface area (Å²) in [5.74, 6) is -0.869. The molecular weight excluding hydrogens is 312 g/mol. The predicted octanol–water partition coefficient (Wildman–Crippen LogP) is 4.44. The Morgan fingerprint density at radius 1 is 1.26 bits per heavy atom. The molecule has 19 heavy (non-hydrogen) atoms. The van der Waals surface area contributed by atoms with Gasteiger partial charge in [-0.15, -0.1) is 0 Å². The summed E-state index contributed by atoms with van der Waals surface area (Å²) < 4.78 is 28.3. The minimum absolute atomic E-state index is 0.0124. The highest BCUT2D eigenvalue weighted by Crippen LogP contribution is 2.41. The van der Waals surface area contributed by atoms with E-state index in [1.54, 1.807) is 0 Å². The van der Waals surface area contributed by atoms with Crippen LogP contribution in [0.4, 0.5) is 8.78 Å². The maximum absolute atomic E-state index is 14.1. The minimum atomic E-state index is -0.442. The lowest BCUT2D eigenvalue weighted by Crippen LogP contribution is -2.34. The maximum Gasteiger partial charge on any atom is 0.143 e. The third-order valence-electron chi connectivity index (χ3n) is 4.10. The molecule has 1 nitrogen and oxygen atoms in total. The lowest BCUT2D eigenvalue weighted by atomic mass is 9.79. The van der Waals surface area contributed by atoms with Gasteiger partial charge in [0, 0.05) is 12.1 Å². The number of halogens is 3. The fourth-order valence-electron chi connectivity index (χ4n) is 3.04. The number of hydrogen-bond donors (Lipinski definition) is 1. The standard InChI is InChI=1S/C15H20BrF2N/c1-2-19-10-15(7-3-4-8-15)9-11-13(17)6-5-12(16)14(11)18/h5-6,19H,2-4,7-10H2,1H3. The molecule has 1 fully saturated rings. The third-order valence-corrected chi connectivity index (χ3v) is 4.72. The van der Waals surface area contributed by atoms with Crippen LogP contribution in [-0.4, -0.2) is 13.1 Å². The van der Waals surface area contributed by atoms with Gasteiger partial charge < -0.3 is 5.32 Å². The van der Waals surface area contributed by atoms with Crippen LogP contribution in [-0.2, 0) is 6.42 Å². The Morgan fingerprint density at radius 3 is 2.58 bits per heavy atom. The van der Waals surface area contributed by atoms with Crippen LogP contribution in [0.15, 0.2) is 16.6 Å². The summed E-state index contributed by atoms with van der Waals surface area (Å²) in [6.45, 7) is 3.79. The van der Waals surface area contributed by atoms with E-state index in [-0.39, 0.29) is 11.0 Å². The van der Waals surface area contributed by atoms with Crippen molar-refractivity contribution in [1.82, 2.24) is 5.32 Å². The topological polar surface area (TPSA) is 12.0 Å². The van der Waals surface area contributed by atoms with Crippen molar-refractivity contribution in [3.63, 3.8) is 0 Å². The van der Waals surface area contributed by atoms with E-state index < -0.39 is 11.6 Å². The van der Waals surface area contributed by atoms with Gasteiger partial charge in [-0.2, -0.15) is 0 Å². The zero-order chi connectivity index (χ0) is 13.9. The first-order chi connectivity index (χ1) is 9.08. The quantitative estimate of drug-likeness (QED) is 0.786. The number of nitrogens with one attached hydrogen (secondary N) is 1. The number of benzene rings is 1. The smallest absolute Gasteiger partial charge is 0.143 e. The van der Waals surface area contributed by atoms with Gasteiger partial charge >= 0.3 is 0 Å². The van der Waals surface area contributed by atoms with E-state index in [9.17, 15) is 8.78 Å². The van der Waals surface area contributed by atoms with Gasteiger partial charge in [0.15, 0.2) is 0 Å². The lowest BCUT2D eigenvalue weighted by molar-refractivity contribution is 0.272. The summed E-state index contributed by atoms with van der Waals surface area (Å²) in [5, 5.41) is 3.35. The lowest BCUT2D eigenvalue weighted by Gasteiger charge is -2.30. The Hall–Kier alpha value is -0.480. The average molecular weight is 332 g/mol. The van der Waals surface area contributed by atoms with Crippen molar-refractivity contribution in [3.05, 3.63) is 33.8 Å². The second-order valence-corrected chi connectivity index (χ2v) is 6.34. The van der Waals surface area contributed by atoms with Gasteiger partial charge in [0.1, 0.15) is 11.6 Å². The molecule has 0 bridgehead atoms. The molecule has 1 aliphatic carbocycles. The van der Waals surface area contributed by atoms with Gasteiger partial charge in [-0.05, 0) is 59.3 Å². The van der Waals surface area contributed by atoms with E-state index in [0.29, 0.717) is 10.9 Å². The molecule has 1 aliphatic rings. The summed E-state index contributed by atoms with van der Waals surface area (Å²) in [6.07, 6.45) is 4.89.